The fraction of sp³-hybridized carbons (Fsp3) is 0.500. The number of ether oxygens (including phenoxy) is 1. The molecule has 0 unspecified atom stereocenters. The summed E-state index contributed by atoms with van der Waals surface area (Å²) in [6.45, 7) is 14.3. The van der Waals surface area contributed by atoms with Gasteiger partial charge in [0.25, 0.3) is 8.32 Å². The van der Waals surface area contributed by atoms with Gasteiger partial charge in [-0.25, -0.2) is 0 Å². The molecule has 1 aliphatic heterocycles. The Morgan fingerprint density at radius 3 is 1.90 bits per heavy atom. The Morgan fingerprint density at radius 2 is 1.38 bits per heavy atom. The summed E-state index contributed by atoms with van der Waals surface area (Å²) in [5, 5.41) is 6.04. The first-order chi connectivity index (χ1) is 14.0. The molecule has 0 radical (unpaired) electrons. The Kier molecular flexibility index (Phi) is 8.04. The van der Waals surface area contributed by atoms with Gasteiger partial charge in [0.05, 0.1) is 19.8 Å². The van der Waals surface area contributed by atoms with Crippen LogP contribution in [0.4, 0.5) is 0 Å². The molecule has 0 aliphatic carbocycles. The van der Waals surface area contributed by atoms with Crippen molar-refractivity contribution in [2.24, 2.45) is 0 Å². The number of piperazine rings is 1. The molecule has 0 saturated carbocycles. The minimum atomic E-state index is -2.44. The fourth-order valence-electron chi connectivity index (χ4n) is 4.25. The fourth-order valence-corrected chi connectivity index (χ4v) is 8.79. The van der Waals surface area contributed by atoms with Gasteiger partial charge >= 0.3 is 0 Å². The topological polar surface area (TPSA) is 33.7 Å². The van der Waals surface area contributed by atoms with Crippen molar-refractivity contribution in [3.8, 4) is 0 Å². The molecule has 1 aliphatic rings. The summed E-state index contributed by atoms with van der Waals surface area (Å²) < 4.78 is 12.8. The quantitative estimate of drug-likeness (QED) is 0.507. The van der Waals surface area contributed by atoms with Gasteiger partial charge in [-0.05, 0) is 15.4 Å². The van der Waals surface area contributed by atoms with Gasteiger partial charge in [-0.15, -0.1) is 0 Å². The second kappa shape index (κ2) is 10.5. The maximum atomic E-state index is 6.85. The molecule has 0 bridgehead atoms. The molecular formula is C24H36N2O2Si. The molecule has 29 heavy (non-hydrogen) atoms. The lowest BCUT2D eigenvalue weighted by Gasteiger charge is -2.43. The number of nitrogens with zero attached hydrogens (tertiary/aromatic N) is 1. The molecule has 2 aromatic rings. The third-order valence-corrected chi connectivity index (χ3v) is 10.8. The zero-order chi connectivity index (χ0) is 20.6. The van der Waals surface area contributed by atoms with E-state index in [-0.39, 0.29) is 5.04 Å². The van der Waals surface area contributed by atoms with Gasteiger partial charge in [0.1, 0.15) is 0 Å². The molecule has 0 spiro atoms. The zero-order valence-electron chi connectivity index (χ0n) is 18.2. The van der Waals surface area contributed by atoms with E-state index in [4.69, 9.17) is 9.16 Å². The van der Waals surface area contributed by atoms with E-state index in [1.807, 2.05) is 0 Å². The zero-order valence-corrected chi connectivity index (χ0v) is 19.2. The van der Waals surface area contributed by atoms with Crippen LogP contribution in [0.3, 0.4) is 0 Å². The molecule has 1 fully saturated rings. The predicted molar refractivity (Wildman–Crippen MR) is 124 cm³/mol. The first kappa shape index (κ1) is 22.2. The van der Waals surface area contributed by atoms with Crippen LogP contribution < -0.4 is 15.7 Å². The lowest BCUT2D eigenvalue weighted by molar-refractivity contribution is 0.0745. The average Bonchev–Trinajstić information content (AvgIpc) is 2.74. The molecule has 0 aromatic heterocycles. The third-order valence-electron chi connectivity index (χ3n) is 5.72. The number of hydrogen-bond acceptors (Lipinski definition) is 4. The molecule has 2 aromatic carbocycles. The van der Waals surface area contributed by atoms with Gasteiger partial charge in [-0.3, -0.25) is 4.90 Å². The summed E-state index contributed by atoms with van der Waals surface area (Å²) in [5.74, 6) is 0. The molecule has 5 heteroatoms. The van der Waals surface area contributed by atoms with E-state index in [1.165, 1.54) is 10.4 Å². The molecule has 4 nitrogen and oxygen atoms in total. The summed E-state index contributed by atoms with van der Waals surface area (Å²) in [7, 11) is -2.44. The van der Waals surface area contributed by atoms with E-state index < -0.39 is 8.32 Å². The van der Waals surface area contributed by atoms with Crippen molar-refractivity contribution >= 4 is 18.7 Å². The average molecular weight is 413 g/mol. The second-order valence-corrected chi connectivity index (χ2v) is 13.0. The van der Waals surface area contributed by atoms with E-state index >= 15 is 0 Å². The van der Waals surface area contributed by atoms with Gasteiger partial charge < -0.3 is 14.5 Å². The largest absolute Gasteiger partial charge is 0.405 e. The van der Waals surface area contributed by atoms with Gasteiger partial charge in [-0.1, -0.05) is 81.4 Å². The number of rotatable bonds is 9. The Morgan fingerprint density at radius 1 is 0.828 bits per heavy atom. The van der Waals surface area contributed by atoms with Crippen LogP contribution in [-0.4, -0.2) is 65.8 Å². The van der Waals surface area contributed by atoms with Crippen LogP contribution in [-0.2, 0) is 9.16 Å². The lowest BCUT2D eigenvalue weighted by Crippen LogP contribution is -2.66. The summed E-state index contributed by atoms with van der Waals surface area (Å²) in [5.41, 5.74) is 0. The van der Waals surface area contributed by atoms with Crippen LogP contribution in [0.1, 0.15) is 20.8 Å². The highest BCUT2D eigenvalue weighted by atomic mass is 28.4. The molecular weight excluding hydrogens is 376 g/mol. The maximum Gasteiger partial charge on any atom is 0.261 e. The van der Waals surface area contributed by atoms with Crippen LogP contribution in [0.25, 0.3) is 0 Å². The highest BCUT2D eigenvalue weighted by Gasteiger charge is 2.49. The summed E-state index contributed by atoms with van der Waals surface area (Å²) >= 11 is 0. The first-order valence-corrected chi connectivity index (χ1v) is 12.7. The van der Waals surface area contributed by atoms with E-state index in [1.54, 1.807) is 0 Å². The lowest BCUT2D eigenvalue weighted by atomic mass is 10.2. The van der Waals surface area contributed by atoms with Gasteiger partial charge in [0.2, 0.25) is 0 Å². The molecule has 0 atom stereocenters. The van der Waals surface area contributed by atoms with E-state index in [9.17, 15) is 0 Å². The monoisotopic (exact) mass is 412 g/mol. The smallest absolute Gasteiger partial charge is 0.261 e. The Hall–Kier alpha value is -1.50. The van der Waals surface area contributed by atoms with Gasteiger partial charge in [0, 0.05) is 32.7 Å². The van der Waals surface area contributed by atoms with Crippen LogP contribution in [0.2, 0.25) is 5.04 Å². The van der Waals surface area contributed by atoms with Crippen LogP contribution in [0.5, 0.6) is 0 Å². The Balaban J connectivity index is 1.67. The van der Waals surface area contributed by atoms with Crippen LogP contribution in [0.15, 0.2) is 60.7 Å². The highest BCUT2D eigenvalue weighted by Crippen LogP contribution is 2.36. The van der Waals surface area contributed by atoms with E-state index in [0.29, 0.717) is 13.2 Å². The van der Waals surface area contributed by atoms with Crippen molar-refractivity contribution in [3.63, 3.8) is 0 Å². The highest BCUT2D eigenvalue weighted by molar-refractivity contribution is 6.99. The minimum absolute atomic E-state index is 0.0104. The number of nitrogens with one attached hydrogen (secondary N) is 1. The molecule has 0 amide bonds. The molecule has 1 N–H and O–H groups in total. The third kappa shape index (κ3) is 5.56. The van der Waals surface area contributed by atoms with E-state index in [0.717, 1.165) is 39.3 Å². The van der Waals surface area contributed by atoms with Crippen molar-refractivity contribution in [1.82, 2.24) is 10.2 Å². The number of benzene rings is 2. The van der Waals surface area contributed by atoms with Crippen molar-refractivity contribution in [3.05, 3.63) is 60.7 Å². The van der Waals surface area contributed by atoms with E-state index in [2.05, 4.69) is 91.7 Å². The second-order valence-electron chi connectivity index (χ2n) is 8.72. The Labute approximate surface area is 177 Å². The van der Waals surface area contributed by atoms with Crippen molar-refractivity contribution in [2.75, 3.05) is 52.5 Å². The van der Waals surface area contributed by atoms with Crippen molar-refractivity contribution in [2.45, 2.75) is 25.8 Å². The minimum Gasteiger partial charge on any atom is -0.405 e. The van der Waals surface area contributed by atoms with Crippen LogP contribution >= 0.6 is 0 Å². The maximum absolute atomic E-state index is 6.85. The van der Waals surface area contributed by atoms with Crippen molar-refractivity contribution in [1.29, 1.82) is 0 Å². The summed E-state index contributed by atoms with van der Waals surface area (Å²) in [6.07, 6.45) is 0. The van der Waals surface area contributed by atoms with Gasteiger partial charge in [-0.2, -0.15) is 0 Å². The first-order valence-electron chi connectivity index (χ1n) is 10.8. The SMILES string of the molecule is CC(C)(C)[Si](OCCOCCN1CCNCC1)(c1ccccc1)c1ccccc1. The number of hydrogen-bond donors (Lipinski definition) is 1. The van der Waals surface area contributed by atoms with Gasteiger partial charge in [0.15, 0.2) is 0 Å². The van der Waals surface area contributed by atoms with Crippen LogP contribution in [0, 0.1) is 0 Å². The molecule has 1 heterocycles. The predicted octanol–water partition coefficient (Wildman–Crippen LogP) is 2.48. The summed E-state index contributed by atoms with van der Waals surface area (Å²) in [6, 6.07) is 21.6. The standard InChI is InChI=1S/C24H36N2O2Si/c1-24(2,3)29(22-10-6-4-7-11-22,23-12-8-5-9-13-23)28-21-20-27-19-18-26-16-14-25-15-17-26/h4-13,25H,14-21H2,1-3H3. The Bertz CT molecular complexity index is 673. The normalized spacial score (nSPS) is 16.1. The molecule has 158 valence electrons. The molecule has 1 saturated heterocycles. The van der Waals surface area contributed by atoms with Crippen molar-refractivity contribution < 1.29 is 9.16 Å². The molecule has 3 rings (SSSR count). The summed E-state index contributed by atoms with van der Waals surface area (Å²) in [4.78, 5) is 2.46.